The van der Waals surface area contributed by atoms with E-state index >= 15 is 0 Å². The van der Waals surface area contributed by atoms with Gasteiger partial charge in [-0.3, -0.25) is 4.79 Å². The number of carbonyl (C=O) groups excluding carboxylic acids is 2. The molecule has 0 radical (unpaired) electrons. The summed E-state index contributed by atoms with van der Waals surface area (Å²) in [6.07, 6.45) is -0.514. The fourth-order valence-electron chi connectivity index (χ4n) is 1.87. The van der Waals surface area contributed by atoms with E-state index in [9.17, 15) is 18.0 Å². The Bertz CT molecular complexity index is 709. The van der Waals surface area contributed by atoms with Crippen LogP contribution in [-0.2, 0) is 19.6 Å². The number of aryl methyl sites for hydroxylation is 1. The summed E-state index contributed by atoms with van der Waals surface area (Å²) in [5.41, 5.74) is 0.372. The smallest absolute Gasteiger partial charge is 0.407 e. The van der Waals surface area contributed by atoms with Gasteiger partial charge >= 0.3 is 6.09 Å². The van der Waals surface area contributed by atoms with E-state index in [1.165, 1.54) is 12.1 Å². The molecule has 1 rings (SSSR count). The maximum atomic E-state index is 12.1. The maximum Gasteiger partial charge on any atom is 0.407 e. The van der Waals surface area contributed by atoms with Gasteiger partial charge in [-0.1, -0.05) is 17.7 Å². The zero-order valence-electron chi connectivity index (χ0n) is 15.6. The highest BCUT2D eigenvalue weighted by Crippen LogP contribution is 2.09. The molecule has 0 fully saturated rings. The Kier molecular flexibility index (Phi) is 8.04. The Hall–Kier alpha value is -2.13. The summed E-state index contributed by atoms with van der Waals surface area (Å²) in [7, 11) is -3.60. The summed E-state index contributed by atoms with van der Waals surface area (Å²) in [5.74, 6) is -0.296. The molecule has 3 N–H and O–H groups in total. The van der Waals surface area contributed by atoms with E-state index in [4.69, 9.17) is 4.74 Å². The van der Waals surface area contributed by atoms with E-state index in [-0.39, 0.29) is 36.9 Å². The first-order valence-electron chi connectivity index (χ1n) is 8.29. The average molecular weight is 385 g/mol. The first-order chi connectivity index (χ1) is 12.0. The van der Waals surface area contributed by atoms with Gasteiger partial charge in [-0.15, -0.1) is 0 Å². The first kappa shape index (κ1) is 21.9. The highest BCUT2D eigenvalue weighted by molar-refractivity contribution is 7.89. The van der Waals surface area contributed by atoms with Crippen molar-refractivity contribution in [3.63, 3.8) is 0 Å². The number of carbonyl (C=O) groups is 2. The standard InChI is InChI=1S/C17H27N3O5S/c1-13-5-7-14(8-6-13)26(23,24)20-12-11-18-15(21)9-10-19-16(22)25-17(2,3)4/h5-8,20H,9-12H2,1-4H3,(H,18,21)(H,19,22). The Balaban J connectivity index is 2.23. The normalized spacial score (nSPS) is 11.7. The Morgan fingerprint density at radius 2 is 1.62 bits per heavy atom. The number of nitrogens with one attached hydrogen (secondary N) is 3. The molecule has 26 heavy (non-hydrogen) atoms. The molecule has 0 heterocycles. The third-order valence-corrected chi connectivity index (χ3v) is 4.57. The molecule has 1 aromatic carbocycles. The van der Waals surface area contributed by atoms with E-state index in [1.54, 1.807) is 32.9 Å². The monoisotopic (exact) mass is 385 g/mol. The predicted octanol–water partition coefficient (Wildman–Crippen LogP) is 1.30. The molecule has 0 aliphatic carbocycles. The van der Waals surface area contributed by atoms with Gasteiger partial charge < -0.3 is 15.4 Å². The first-order valence-corrected chi connectivity index (χ1v) is 9.78. The van der Waals surface area contributed by atoms with Crippen LogP contribution in [0.4, 0.5) is 4.79 Å². The maximum absolute atomic E-state index is 12.1. The van der Waals surface area contributed by atoms with Crippen LogP contribution in [0, 0.1) is 6.92 Å². The highest BCUT2D eigenvalue weighted by atomic mass is 32.2. The van der Waals surface area contributed by atoms with E-state index in [0.29, 0.717) is 0 Å². The summed E-state index contributed by atoms with van der Waals surface area (Å²) >= 11 is 0. The van der Waals surface area contributed by atoms with Crippen LogP contribution >= 0.6 is 0 Å². The minimum atomic E-state index is -3.60. The molecule has 0 unspecified atom stereocenters. The number of hydrogen-bond donors (Lipinski definition) is 3. The Labute approximate surface area is 154 Å². The number of benzene rings is 1. The molecule has 9 heteroatoms. The average Bonchev–Trinajstić information content (AvgIpc) is 2.50. The largest absolute Gasteiger partial charge is 0.444 e. The lowest BCUT2D eigenvalue weighted by molar-refractivity contribution is -0.120. The summed E-state index contributed by atoms with van der Waals surface area (Å²) in [5, 5.41) is 5.06. The van der Waals surface area contributed by atoms with E-state index in [1.807, 2.05) is 6.92 Å². The van der Waals surface area contributed by atoms with Crippen LogP contribution in [0.3, 0.4) is 0 Å². The van der Waals surface area contributed by atoms with Gasteiger partial charge in [0.1, 0.15) is 5.60 Å². The van der Waals surface area contributed by atoms with E-state index in [0.717, 1.165) is 5.56 Å². The fraction of sp³-hybridized carbons (Fsp3) is 0.529. The van der Waals surface area contributed by atoms with Crippen LogP contribution < -0.4 is 15.4 Å². The third kappa shape index (κ3) is 8.82. The molecule has 0 saturated carbocycles. The lowest BCUT2D eigenvalue weighted by atomic mass is 10.2. The molecule has 8 nitrogen and oxygen atoms in total. The van der Waals surface area contributed by atoms with Crippen LogP contribution in [0.5, 0.6) is 0 Å². The van der Waals surface area contributed by atoms with Gasteiger partial charge in [0.15, 0.2) is 0 Å². The second kappa shape index (κ2) is 9.54. The topological polar surface area (TPSA) is 114 Å². The number of rotatable bonds is 8. The number of sulfonamides is 1. The van der Waals surface area contributed by atoms with Crippen molar-refractivity contribution in [2.45, 2.75) is 44.6 Å². The molecule has 0 aliphatic rings. The van der Waals surface area contributed by atoms with Gasteiger partial charge in [-0.25, -0.2) is 17.9 Å². The van der Waals surface area contributed by atoms with Crippen molar-refractivity contribution < 1.29 is 22.7 Å². The number of alkyl carbamates (subject to hydrolysis) is 1. The SMILES string of the molecule is Cc1ccc(S(=O)(=O)NCCNC(=O)CCNC(=O)OC(C)(C)C)cc1. The minimum absolute atomic E-state index is 0.0709. The van der Waals surface area contributed by atoms with Crippen LogP contribution in [-0.4, -0.2) is 45.7 Å². The minimum Gasteiger partial charge on any atom is -0.444 e. The number of hydrogen-bond acceptors (Lipinski definition) is 5. The van der Waals surface area contributed by atoms with Crippen molar-refractivity contribution in [1.82, 2.24) is 15.4 Å². The summed E-state index contributed by atoms with van der Waals surface area (Å²) in [6, 6.07) is 6.49. The molecule has 0 aliphatic heterocycles. The lowest BCUT2D eigenvalue weighted by Crippen LogP contribution is -2.37. The highest BCUT2D eigenvalue weighted by Gasteiger charge is 2.16. The van der Waals surface area contributed by atoms with E-state index in [2.05, 4.69) is 15.4 Å². The van der Waals surface area contributed by atoms with Crippen molar-refractivity contribution >= 4 is 22.0 Å². The second-order valence-corrected chi connectivity index (χ2v) is 8.51. The molecule has 1 aromatic rings. The van der Waals surface area contributed by atoms with Gasteiger partial charge in [0, 0.05) is 26.1 Å². The predicted molar refractivity (Wildman–Crippen MR) is 98.2 cm³/mol. The molecule has 0 saturated heterocycles. The van der Waals surface area contributed by atoms with Crippen molar-refractivity contribution in [1.29, 1.82) is 0 Å². The summed E-state index contributed by atoms with van der Waals surface area (Å²) < 4.78 is 31.6. The van der Waals surface area contributed by atoms with Crippen LogP contribution in [0.25, 0.3) is 0 Å². The number of amides is 2. The van der Waals surface area contributed by atoms with Crippen molar-refractivity contribution in [3.05, 3.63) is 29.8 Å². The molecule has 0 aromatic heterocycles. The van der Waals surface area contributed by atoms with Crippen LogP contribution in [0.1, 0.15) is 32.8 Å². The van der Waals surface area contributed by atoms with Gasteiger partial charge in [-0.05, 0) is 39.8 Å². The van der Waals surface area contributed by atoms with Gasteiger partial charge in [0.05, 0.1) is 4.90 Å². The lowest BCUT2D eigenvalue weighted by Gasteiger charge is -2.19. The van der Waals surface area contributed by atoms with Crippen LogP contribution in [0.15, 0.2) is 29.2 Å². The summed E-state index contributed by atoms with van der Waals surface area (Å²) in [4.78, 5) is 23.3. The zero-order valence-corrected chi connectivity index (χ0v) is 16.4. The number of ether oxygens (including phenoxy) is 1. The molecule has 0 spiro atoms. The second-order valence-electron chi connectivity index (χ2n) is 6.74. The van der Waals surface area contributed by atoms with Crippen molar-refractivity contribution in [2.75, 3.05) is 19.6 Å². The molecule has 2 amide bonds. The van der Waals surface area contributed by atoms with Gasteiger partial charge in [-0.2, -0.15) is 0 Å². The molecular weight excluding hydrogens is 358 g/mol. The van der Waals surface area contributed by atoms with Crippen LogP contribution in [0.2, 0.25) is 0 Å². The van der Waals surface area contributed by atoms with Gasteiger partial charge in [0.25, 0.3) is 0 Å². The Morgan fingerprint density at radius 1 is 1.00 bits per heavy atom. The molecular formula is C17H27N3O5S. The molecule has 146 valence electrons. The van der Waals surface area contributed by atoms with Crippen molar-refractivity contribution in [2.24, 2.45) is 0 Å². The fourth-order valence-corrected chi connectivity index (χ4v) is 2.90. The van der Waals surface area contributed by atoms with E-state index < -0.39 is 21.7 Å². The zero-order chi connectivity index (χ0) is 19.8. The summed E-state index contributed by atoms with van der Waals surface area (Å²) in [6.45, 7) is 7.47. The Morgan fingerprint density at radius 3 is 2.19 bits per heavy atom. The quantitative estimate of drug-likeness (QED) is 0.584. The third-order valence-electron chi connectivity index (χ3n) is 3.09. The molecule has 0 bridgehead atoms. The molecule has 0 atom stereocenters. The van der Waals surface area contributed by atoms with Gasteiger partial charge in [0.2, 0.25) is 15.9 Å². The van der Waals surface area contributed by atoms with Crippen molar-refractivity contribution in [3.8, 4) is 0 Å².